The van der Waals surface area contributed by atoms with E-state index in [1.165, 1.54) is 25.9 Å². The van der Waals surface area contributed by atoms with Crippen LogP contribution in [0.1, 0.15) is 25.5 Å². The van der Waals surface area contributed by atoms with Gasteiger partial charge in [-0.05, 0) is 37.5 Å². The minimum absolute atomic E-state index is 0.883. The van der Waals surface area contributed by atoms with Crippen LogP contribution in [0.2, 0.25) is 0 Å². The average molecular weight is 217 g/mol. The standard InChI is InChI=1S/C13H19N3/c1-9-5-13(15-8-14-9)16-6-11-3-4-12(7-16)10(11)2/h5,8,10-12H,3-4,6-7H2,1-2H3. The molecular weight excluding hydrogens is 198 g/mol. The zero-order valence-electron chi connectivity index (χ0n) is 10.1. The fourth-order valence-corrected chi connectivity index (χ4v) is 3.30. The Morgan fingerprint density at radius 3 is 2.50 bits per heavy atom. The molecule has 2 atom stereocenters. The molecule has 3 rings (SSSR count). The summed E-state index contributed by atoms with van der Waals surface area (Å²) in [4.78, 5) is 11.0. The van der Waals surface area contributed by atoms with Crippen molar-refractivity contribution in [1.29, 1.82) is 0 Å². The smallest absolute Gasteiger partial charge is 0.132 e. The lowest BCUT2D eigenvalue weighted by molar-refractivity contribution is 0.294. The molecule has 1 aliphatic heterocycles. The van der Waals surface area contributed by atoms with Gasteiger partial charge in [-0.2, -0.15) is 0 Å². The molecule has 3 heteroatoms. The van der Waals surface area contributed by atoms with E-state index in [-0.39, 0.29) is 0 Å². The zero-order valence-corrected chi connectivity index (χ0v) is 10.1. The SMILES string of the molecule is Cc1cc(N2CC3CCC(C2)C3C)ncn1. The monoisotopic (exact) mass is 217 g/mol. The summed E-state index contributed by atoms with van der Waals surface area (Å²) in [6.07, 6.45) is 4.50. The molecule has 0 aromatic carbocycles. The fraction of sp³-hybridized carbons (Fsp3) is 0.692. The molecule has 2 unspecified atom stereocenters. The third-order valence-electron chi connectivity index (χ3n) is 4.42. The highest BCUT2D eigenvalue weighted by atomic mass is 15.2. The van der Waals surface area contributed by atoms with Crippen molar-refractivity contribution < 1.29 is 0 Å². The van der Waals surface area contributed by atoms with Crippen LogP contribution in [0.15, 0.2) is 12.4 Å². The first-order chi connectivity index (χ1) is 7.74. The van der Waals surface area contributed by atoms with Gasteiger partial charge in [0.25, 0.3) is 0 Å². The molecule has 3 nitrogen and oxygen atoms in total. The van der Waals surface area contributed by atoms with Crippen LogP contribution >= 0.6 is 0 Å². The summed E-state index contributed by atoms with van der Waals surface area (Å²) < 4.78 is 0. The highest BCUT2D eigenvalue weighted by Crippen LogP contribution is 2.42. The normalized spacial score (nSPS) is 33.1. The van der Waals surface area contributed by atoms with Crippen molar-refractivity contribution in [2.24, 2.45) is 17.8 Å². The Labute approximate surface area is 96.9 Å². The van der Waals surface area contributed by atoms with E-state index in [1.54, 1.807) is 6.33 Å². The maximum atomic E-state index is 4.40. The van der Waals surface area contributed by atoms with Crippen LogP contribution in [0, 0.1) is 24.7 Å². The number of nitrogens with zero attached hydrogens (tertiary/aromatic N) is 3. The minimum atomic E-state index is 0.883. The summed E-state index contributed by atoms with van der Waals surface area (Å²) in [6, 6.07) is 2.11. The van der Waals surface area contributed by atoms with Crippen LogP contribution in [0.5, 0.6) is 0 Å². The van der Waals surface area contributed by atoms with Gasteiger partial charge in [0, 0.05) is 24.8 Å². The highest BCUT2D eigenvalue weighted by molar-refractivity contribution is 5.40. The number of fused-ring (bicyclic) bond motifs is 2. The molecule has 1 saturated heterocycles. The van der Waals surface area contributed by atoms with Gasteiger partial charge < -0.3 is 4.90 Å². The summed E-state index contributed by atoms with van der Waals surface area (Å²) in [6.45, 7) is 6.83. The number of hydrogen-bond acceptors (Lipinski definition) is 3. The van der Waals surface area contributed by atoms with Gasteiger partial charge >= 0.3 is 0 Å². The number of aryl methyl sites for hydroxylation is 1. The van der Waals surface area contributed by atoms with Crippen molar-refractivity contribution in [3.05, 3.63) is 18.1 Å². The molecule has 2 bridgehead atoms. The van der Waals surface area contributed by atoms with E-state index >= 15 is 0 Å². The Bertz CT molecular complexity index is 377. The fourth-order valence-electron chi connectivity index (χ4n) is 3.30. The second-order valence-corrected chi connectivity index (χ2v) is 5.38. The first kappa shape index (κ1) is 10.1. The average Bonchev–Trinajstić information content (AvgIpc) is 2.53. The van der Waals surface area contributed by atoms with Gasteiger partial charge in [-0.3, -0.25) is 0 Å². The van der Waals surface area contributed by atoms with Crippen molar-refractivity contribution in [2.45, 2.75) is 26.7 Å². The maximum Gasteiger partial charge on any atom is 0.132 e. The molecule has 0 N–H and O–H groups in total. The lowest BCUT2D eigenvalue weighted by Crippen LogP contribution is -2.41. The molecular formula is C13H19N3. The summed E-state index contributed by atoms with van der Waals surface area (Å²) in [7, 11) is 0. The van der Waals surface area contributed by atoms with E-state index in [9.17, 15) is 0 Å². The van der Waals surface area contributed by atoms with Gasteiger partial charge in [0.1, 0.15) is 12.1 Å². The van der Waals surface area contributed by atoms with E-state index in [4.69, 9.17) is 0 Å². The number of hydrogen-bond donors (Lipinski definition) is 0. The Morgan fingerprint density at radius 1 is 1.19 bits per heavy atom. The summed E-state index contributed by atoms with van der Waals surface area (Å²) in [5.41, 5.74) is 1.07. The second kappa shape index (κ2) is 3.72. The van der Waals surface area contributed by atoms with Crippen molar-refractivity contribution in [1.82, 2.24) is 9.97 Å². The van der Waals surface area contributed by atoms with Crippen LogP contribution in [-0.2, 0) is 0 Å². The third-order valence-corrected chi connectivity index (χ3v) is 4.42. The van der Waals surface area contributed by atoms with Gasteiger partial charge in [-0.25, -0.2) is 9.97 Å². The molecule has 86 valence electrons. The van der Waals surface area contributed by atoms with Crippen molar-refractivity contribution >= 4 is 5.82 Å². The predicted octanol–water partition coefficient (Wildman–Crippen LogP) is 2.27. The van der Waals surface area contributed by atoms with Crippen LogP contribution < -0.4 is 4.90 Å². The second-order valence-electron chi connectivity index (χ2n) is 5.38. The first-order valence-corrected chi connectivity index (χ1v) is 6.27. The number of piperidine rings is 1. The largest absolute Gasteiger partial charge is 0.356 e. The van der Waals surface area contributed by atoms with Crippen LogP contribution in [0.4, 0.5) is 5.82 Å². The molecule has 0 radical (unpaired) electrons. The Balaban J connectivity index is 1.83. The molecule has 1 aromatic rings. The summed E-state index contributed by atoms with van der Waals surface area (Å²) >= 11 is 0. The Morgan fingerprint density at radius 2 is 1.88 bits per heavy atom. The molecule has 2 heterocycles. The van der Waals surface area contributed by atoms with Gasteiger partial charge in [-0.1, -0.05) is 6.92 Å². The zero-order chi connectivity index (χ0) is 11.1. The van der Waals surface area contributed by atoms with Crippen LogP contribution in [0.3, 0.4) is 0 Å². The van der Waals surface area contributed by atoms with Crippen molar-refractivity contribution in [3.63, 3.8) is 0 Å². The minimum Gasteiger partial charge on any atom is -0.356 e. The van der Waals surface area contributed by atoms with Gasteiger partial charge in [0.05, 0.1) is 0 Å². The van der Waals surface area contributed by atoms with E-state index in [0.29, 0.717) is 0 Å². The number of rotatable bonds is 1. The van der Waals surface area contributed by atoms with Gasteiger partial charge in [-0.15, -0.1) is 0 Å². The topological polar surface area (TPSA) is 29.0 Å². The maximum absolute atomic E-state index is 4.40. The van der Waals surface area contributed by atoms with E-state index in [0.717, 1.165) is 29.3 Å². The summed E-state index contributed by atoms with van der Waals surface area (Å²) in [5.74, 6) is 3.80. The van der Waals surface area contributed by atoms with E-state index < -0.39 is 0 Å². The molecule has 1 saturated carbocycles. The Kier molecular flexibility index (Phi) is 2.34. The highest BCUT2D eigenvalue weighted by Gasteiger charge is 2.39. The number of anilines is 1. The summed E-state index contributed by atoms with van der Waals surface area (Å²) in [5, 5.41) is 0. The van der Waals surface area contributed by atoms with Gasteiger partial charge in [0.2, 0.25) is 0 Å². The molecule has 2 aliphatic rings. The molecule has 1 aliphatic carbocycles. The first-order valence-electron chi connectivity index (χ1n) is 6.27. The molecule has 1 aromatic heterocycles. The van der Waals surface area contributed by atoms with E-state index in [2.05, 4.69) is 27.9 Å². The quantitative estimate of drug-likeness (QED) is 0.722. The van der Waals surface area contributed by atoms with Crippen LogP contribution in [0.25, 0.3) is 0 Å². The predicted molar refractivity (Wildman–Crippen MR) is 64.4 cm³/mol. The van der Waals surface area contributed by atoms with E-state index in [1.807, 2.05) is 6.92 Å². The lowest BCUT2D eigenvalue weighted by Gasteiger charge is -2.37. The van der Waals surface area contributed by atoms with Crippen molar-refractivity contribution in [3.8, 4) is 0 Å². The lowest BCUT2D eigenvalue weighted by atomic mass is 9.87. The molecule has 0 amide bonds. The van der Waals surface area contributed by atoms with Gasteiger partial charge in [0.15, 0.2) is 0 Å². The molecule has 2 fully saturated rings. The Hall–Kier alpha value is -1.12. The van der Waals surface area contributed by atoms with Crippen molar-refractivity contribution in [2.75, 3.05) is 18.0 Å². The number of aromatic nitrogens is 2. The third kappa shape index (κ3) is 1.58. The molecule has 16 heavy (non-hydrogen) atoms. The molecule has 0 spiro atoms. The van der Waals surface area contributed by atoms with Crippen LogP contribution in [-0.4, -0.2) is 23.1 Å².